The van der Waals surface area contributed by atoms with Crippen LogP contribution >= 0.6 is 23.2 Å². The number of rotatable bonds is 5. The molecule has 1 heterocycles. The maximum Gasteiger partial charge on any atom is 0.311 e. The van der Waals surface area contributed by atoms with E-state index in [-0.39, 0.29) is 18.9 Å². The molecule has 0 spiro atoms. The number of nitrogens with zero attached hydrogens (tertiary/aromatic N) is 1. The minimum atomic E-state index is -0.609. The van der Waals surface area contributed by atoms with Crippen molar-refractivity contribution in [1.82, 2.24) is 0 Å². The molecule has 2 aromatic carbocycles. The molecule has 0 aromatic heterocycles. The highest BCUT2D eigenvalue weighted by Gasteiger charge is 2.36. The lowest BCUT2D eigenvalue weighted by Gasteiger charge is -2.17. The molecule has 152 valence electrons. The third-order valence-corrected chi connectivity index (χ3v) is 5.55. The van der Waals surface area contributed by atoms with Crippen molar-refractivity contribution < 1.29 is 19.1 Å². The number of benzene rings is 2. The fraction of sp³-hybridized carbons (Fsp3) is 0.286. The van der Waals surface area contributed by atoms with Crippen LogP contribution in [0.5, 0.6) is 0 Å². The van der Waals surface area contributed by atoms with Crippen LogP contribution < -0.4 is 10.2 Å². The molecule has 0 bridgehead atoms. The Balaban J connectivity index is 1.54. The van der Waals surface area contributed by atoms with Gasteiger partial charge in [0, 0.05) is 24.3 Å². The number of carbonyl (C=O) groups excluding carboxylic acids is 3. The summed E-state index contributed by atoms with van der Waals surface area (Å²) in [6, 6.07) is 10.4. The smallest absolute Gasteiger partial charge is 0.311 e. The lowest BCUT2D eigenvalue weighted by molar-refractivity contribution is -0.151. The number of hydrogen-bond acceptors (Lipinski definition) is 4. The van der Waals surface area contributed by atoms with Gasteiger partial charge in [-0.15, -0.1) is 0 Å². The van der Waals surface area contributed by atoms with Crippen molar-refractivity contribution in [2.75, 3.05) is 23.4 Å². The predicted molar refractivity (Wildman–Crippen MR) is 112 cm³/mol. The first-order chi connectivity index (χ1) is 13.7. The van der Waals surface area contributed by atoms with E-state index in [9.17, 15) is 14.4 Å². The van der Waals surface area contributed by atoms with Gasteiger partial charge in [-0.25, -0.2) is 0 Å². The number of anilines is 2. The molecule has 2 amide bonds. The molecule has 1 aliphatic rings. The van der Waals surface area contributed by atoms with E-state index in [4.69, 9.17) is 27.9 Å². The van der Waals surface area contributed by atoms with Crippen molar-refractivity contribution in [3.05, 3.63) is 57.6 Å². The van der Waals surface area contributed by atoms with E-state index in [1.807, 2.05) is 32.0 Å². The van der Waals surface area contributed by atoms with Crippen molar-refractivity contribution >= 4 is 52.4 Å². The van der Waals surface area contributed by atoms with Gasteiger partial charge < -0.3 is 15.0 Å². The first-order valence-corrected chi connectivity index (χ1v) is 9.79. The Kier molecular flexibility index (Phi) is 6.45. The van der Waals surface area contributed by atoms with Crippen molar-refractivity contribution in [3.8, 4) is 0 Å². The number of nitrogens with one attached hydrogen (secondary N) is 1. The van der Waals surface area contributed by atoms with Crippen LogP contribution in [0, 0.1) is 19.8 Å². The summed E-state index contributed by atoms with van der Waals surface area (Å²) in [6.45, 7) is 3.74. The summed E-state index contributed by atoms with van der Waals surface area (Å²) in [5.74, 6) is -1.83. The third kappa shape index (κ3) is 5.08. The van der Waals surface area contributed by atoms with Crippen LogP contribution in [-0.4, -0.2) is 30.9 Å². The molecular weight excluding hydrogens is 415 g/mol. The van der Waals surface area contributed by atoms with Gasteiger partial charge in [-0.3, -0.25) is 14.4 Å². The molecule has 0 aliphatic carbocycles. The number of carbonyl (C=O) groups is 3. The van der Waals surface area contributed by atoms with Gasteiger partial charge in [-0.1, -0.05) is 29.3 Å². The molecule has 0 radical (unpaired) electrons. The Morgan fingerprint density at radius 1 is 1.10 bits per heavy atom. The molecule has 0 unspecified atom stereocenters. The predicted octanol–water partition coefficient (Wildman–Crippen LogP) is 4.15. The monoisotopic (exact) mass is 434 g/mol. The lowest BCUT2D eigenvalue weighted by Crippen LogP contribution is -2.28. The largest absolute Gasteiger partial charge is 0.455 e. The molecule has 2 aromatic rings. The number of aryl methyl sites for hydroxylation is 2. The number of hydrogen-bond donors (Lipinski definition) is 1. The van der Waals surface area contributed by atoms with Gasteiger partial charge in [0.2, 0.25) is 5.91 Å². The third-order valence-electron chi connectivity index (χ3n) is 4.81. The number of halogens is 2. The summed E-state index contributed by atoms with van der Waals surface area (Å²) < 4.78 is 5.10. The zero-order valence-corrected chi connectivity index (χ0v) is 17.5. The first-order valence-electron chi connectivity index (χ1n) is 9.03. The molecule has 1 fully saturated rings. The highest BCUT2D eigenvalue weighted by Crippen LogP contribution is 2.28. The van der Waals surface area contributed by atoms with Crippen molar-refractivity contribution in [2.45, 2.75) is 20.3 Å². The molecule has 6 nitrogen and oxygen atoms in total. The molecule has 1 N–H and O–H groups in total. The number of amides is 2. The normalized spacial score (nSPS) is 16.1. The van der Waals surface area contributed by atoms with Gasteiger partial charge in [0.15, 0.2) is 6.61 Å². The fourth-order valence-corrected chi connectivity index (χ4v) is 3.33. The molecule has 1 aliphatic heterocycles. The van der Waals surface area contributed by atoms with E-state index in [0.29, 0.717) is 15.7 Å². The SMILES string of the molecule is Cc1ccc(N2C[C@@H](C(=O)OCC(=O)Nc3ccc(Cl)c(Cl)c3)CC2=O)cc1C. The van der Waals surface area contributed by atoms with E-state index < -0.39 is 24.4 Å². The van der Waals surface area contributed by atoms with E-state index in [2.05, 4.69) is 5.32 Å². The lowest BCUT2D eigenvalue weighted by atomic mass is 10.1. The summed E-state index contributed by atoms with van der Waals surface area (Å²) in [5.41, 5.74) is 3.40. The van der Waals surface area contributed by atoms with E-state index in [0.717, 1.165) is 16.8 Å². The highest BCUT2D eigenvalue weighted by molar-refractivity contribution is 6.42. The standard InChI is InChI=1S/C21H20Cl2N2O4/c1-12-3-5-16(7-13(12)2)25-10-14(8-20(25)27)21(28)29-11-19(26)24-15-4-6-17(22)18(23)9-15/h3-7,9,14H,8,10-11H2,1-2H3,(H,24,26)/t14-/m0/s1. The van der Waals surface area contributed by atoms with Crippen molar-refractivity contribution in [1.29, 1.82) is 0 Å². The Morgan fingerprint density at radius 2 is 1.86 bits per heavy atom. The summed E-state index contributed by atoms with van der Waals surface area (Å²) >= 11 is 11.7. The zero-order chi connectivity index (χ0) is 21.1. The van der Waals surface area contributed by atoms with Crippen LogP contribution in [0.15, 0.2) is 36.4 Å². The van der Waals surface area contributed by atoms with Crippen LogP contribution in [0.3, 0.4) is 0 Å². The van der Waals surface area contributed by atoms with Gasteiger partial charge in [0.25, 0.3) is 5.91 Å². The molecule has 29 heavy (non-hydrogen) atoms. The van der Waals surface area contributed by atoms with Crippen molar-refractivity contribution in [3.63, 3.8) is 0 Å². The maximum atomic E-state index is 12.3. The van der Waals surface area contributed by atoms with Crippen LogP contribution in [0.1, 0.15) is 17.5 Å². The Labute approximate surface area is 178 Å². The second kappa shape index (κ2) is 8.84. The molecule has 1 saturated heterocycles. The Hall–Kier alpha value is -2.57. The minimum absolute atomic E-state index is 0.0557. The van der Waals surface area contributed by atoms with Crippen molar-refractivity contribution in [2.24, 2.45) is 5.92 Å². The second-order valence-electron chi connectivity index (χ2n) is 6.96. The van der Waals surface area contributed by atoms with Gasteiger partial charge >= 0.3 is 5.97 Å². The van der Waals surface area contributed by atoms with Crippen LogP contribution in [0.2, 0.25) is 10.0 Å². The van der Waals surface area contributed by atoms with E-state index in [1.165, 1.54) is 6.07 Å². The maximum absolute atomic E-state index is 12.3. The van der Waals surface area contributed by atoms with E-state index in [1.54, 1.807) is 17.0 Å². The summed E-state index contributed by atoms with van der Waals surface area (Å²) in [7, 11) is 0. The van der Waals surface area contributed by atoms with Gasteiger partial charge in [0.1, 0.15) is 0 Å². The summed E-state index contributed by atoms with van der Waals surface area (Å²) in [5, 5.41) is 3.25. The summed E-state index contributed by atoms with van der Waals surface area (Å²) in [4.78, 5) is 38.2. The number of esters is 1. The topological polar surface area (TPSA) is 75.7 Å². The van der Waals surface area contributed by atoms with Gasteiger partial charge in [-0.05, 0) is 55.3 Å². The highest BCUT2D eigenvalue weighted by atomic mass is 35.5. The average molecular weight is 435 g/mol. The van der Waals surface area contributed by atoms with Crippen LogP contribution in [-0.2, 0) is 19.1 Å². The van der Waals surface area contributed by atoms with Crippen LogP contribution in [0.25, 0.3) is 0 Å². The average Bonchev–Trinajstić information content (AvgIpc) is 3.07. The minimum Gasteiger partial charge on any atom is -0.455 e. The fourth-order valence-electron chi connectivity index (χ4n) is 3.03. The van der Waals surface area contributed by atoms with E-state index >= 15 is 0 Å². The molecular formula is C21H20Cl2N2O4. The van der Waals surface area contributed by atoms with Gasteiger partial charge in [-0.2, -0.15) is 0 Å². The molecule has 8 heteroatoms. The molecule has 3 rings (SSSR count). The summed E-state index contributed by atoms with van der Waals surface area (Å²) in [6.07, 6.45) is 0.0557. The Morgan fingerprint density at radius 3 is 2.55 bits per heavy atom. The second-order valence-corrected chi connectivity index (χ2v) is 7.77. The molecule has 0 saturated carbocycles. The molecule has 1 atom stereocenters. The first kappa shape index (κ1) is 21.1. The van der Waals surface area contributed by atoms with Gasteiger partial charge in [0.05, 0.1) is 16.0 Å². The Bertz CT molecular complexity index is 977. The van der Waals surface area contributed by atoms with Crippen LogP contribution in [0.4, 0.5) is 11.4 Å². The quantitative estimate of drug-likeness (QED) is 0.717. The zero-order valence-electron chi connectivity index (χ0n) is 16.0. The number of ether oxygens (including phenoxy) is 1.